The Labute approximate surface area is 87.2 Å². The van der Waals surface area contributed by atoms with Gasteiger partial charge in [-0.3, -0.25) is 14.1 Å². The molecule has 8 heteroatoms. The molecule has 0 aliphatic rings. The number of carbonyl (C=O) groups is 2. The first-order chi connectivity index (χ1) is 6.72. The molecule has 0 bridgehead atoms. The third-order valence-electron chi connectivity index (χ3n) is 1.55. The molecular weight excluding hydrogens is 226 g/mol. The fourth-order valence-corrected chi connectivity index (χ4v) is 1.64. The van der Waals surface area contributed by atoms with Gasteiger partial charge in [0.25, 0.3) is 10.1 Å². The Kier molecular flexibility index (Phi) is 5.23. The molecule has 0 radical (unpaired) electrons. The van der Waals surface area contributed by atoms with Crippen molar-refractivity contribution in [3.8, 4) is 0 Å². The summed E-state index contributed by atoms with van der Waals surface area (Å²) < 4.78 is 29.3. The van der Waals surface area contributed by atoms with Crippen LogP contribution in [0, 0.1) is 5.92 Å². The number of hydrogen-bond acceptors (Lipinski definition) is 4. The summed E-state index contributed by atoms with van der Waals surface area (Å²) in [6.45, 7) is 1.26. The first-order valence-electron chi connectivity index (χ1n) is 4.17. The fraction of sp³-hybridized carbons (Fsp3) is 0.714. The van der Waals surface area contributed by atoms with E-state index in [1.54, 1.807) is 0 Å². The predicted molar refractivity (Wildman–Crippen MR) is 50.8 cm³/mol. The van der Waals surface area contributed by atoms with Crippen molar-refractivity contribution < 1.29 is 27.7 Å². The van der Waals surface area contributed by atoms with Gasteiger partial charge in [-0.15, -0.1) is 0 Å². The Balaban J connectivity index is 3.95. The Morgan fingerprint density at radius 1 is 1.40 bits per heavy atom. The van der Waals surface area contributed by atoms with Gasteiger partial charge in [-0.25, -0.2) is 0 Å². The van der Waals surface area contributed by atoms with E-state index in [2.05, 4.69) is 5.32 Å². The Hall–Kier alpha value is -1.15. The highest BCUT2D eigenvalue weighted by Crippen LogP contribution is 1.99. The molecular formula is C7H13NO6S. The highest BCUT2D eigenvalue weighted by molar-refractivity contribution is 7.85. The minimum absolute atomic E-state index is 0.0655. The summed E-state index contributed by atoms with van der Waals surface area (Å²) in [4.78, 5) is 21.2. The van der Waals surface area contributed by atoms with E-state index >= 15 is 0 Å². The van der Waals surface area contributed by atoms with Gasteiger partial charge in [-0.2, -0.15) is 8.42 Å². The monoisotopic (exact) mass is 239 g/mol. The second-order valence-electron chi connectivity index (χ2n) is 3.08. The summed E-state index contributed by atoms with van der Waals surface area (Å²) in [6, 6.07) is 0. The zero-order valence-corrected chi connectivity index (χ0v) is 8.95. The van der Waals surface area contributed by atoms with Gasteiger partial charge in [-0.05, 0) is 0 Å². The molecule has 0 fully saturated rings. The maximum absolute atomic E-state index is 11.1. The van der Waals surface area contributed by atoms with Gasteiger partial charge in [0.05, 0.1) is 18.1 Å². The standard InChI is InChI=1S/C7H13NO6S/c1-5(4-15(12,13)14)7(11)8-3-2-6(9)10/h5H,2-4H2,1H3,(H,8,11)(H,9,10)(H,12,13,14). The smallest absolute Gasteiger partial charge is 0.305 e. The lowest BCUT2D eigenvalue weighted by Crippen LogP contribution is -2.34. The van der Waals surface area contributed by atoms with E-state index in [1.165, 1.54) is 6.92 Å². The minimum Gasteiger partial charge on any atom is -0.481 e. The number of aliphatic carboxylic acids is 1. The van der Waals surface area contributed by atoms with Crippen LogP contribution in [-0.4, -0.2) is 42.3 Å². The van der Waals surface area contributed by atoms with Gasteiger partial charge < -0.3 is 10.4 Å². The van der Waals surface area contributed by atoms with Gasteiger partial charge in [-0.1, -0.05) is 6.92 Å². The average Bonchev–Trinajstić information content (AvgIpc) is 1.99. The van der Waals surface area contributed by atoms with E-state index < -0.39 is 33.7 Å². The third kappa shape index (κ3) is 7.89. The maximum Gasteiger partial charge on any atom is 0.305 e. The molecule has 1 unspecified atom stereocenters. The molecule has 88 valence electrons. The number of rotatable bonds is 6. The number of carbonyl (C=O) groups excluding carboxylic acids is 1. The van der Waals surface area contributed by atoms with Crippen LogP contribution < -0.4 is 5.32 Å². The summed E-state index contributed by atoms with van der Waals surface area (Å²) in [7, 11) is -4.19. The lowest BCUT2D eigenvalue weighted by Gasteiger charge is -2.09. The van der Waals surface area contributed by atoms with Crippen LogP contribution in [0.5, 0.6) is 0 Å². The van der Waals surface area contributed by atoms with Gasteiger partial charge >= 0.3 is 5.97 Å². The van der Waals surface area contributed by atoms with Gasteiger partial charge in [0.15, 0.2) is 0 Å². The van der Waals surface area contributed by atoms with Gasteiger partial charge in [0.2, 0.25) is 5.91 Å². The van der Waals surface area contributed by atoms with Crippen LogP contribution in [0.15, 0.2) is 0 Å². The predicted octanol–water partition coefficient (Wildman–Crippen LogP) is -0.899. The molecule has 0 rings (SSSR count). The molecule has 0 aliphatic heterocycles. The van der Waals surface area contributed by atoms with Crippen molar-refractivity contribution in [2.75, 3.05) is 12.3 Å². The average molecular weight is 239 g/mol. The Bertz CT molecular complexity index is 335. The van der Waals surface area contributed by atoms with Crippen molar-refractivity contribution in [2.45, 2.75) is 13.3 Å². The van der Waals surface area contributed by atoms with Gasteiger partial charge in [0, 0.05) is 6.54 Å². The third-order valence-corrected chi connectivity index (χ3v) is 2.47. The van der Waals surface area contributed by atoms with E-state index in [4.69, 9.17) is 9.66 Å². The highest BCUT2D eigenvalue weighted by Gasteiger charge is 2.19. The van der Waals surface area contributed by atoms with Crippen molar-refractivity contribution in [2.24, 2.45) is 5.92 Å². The molecule has 0 spiro atoms. The van der Waals surface area contributed by atoms with Crippen LogP contribution in [0.2, 0.25) is 0 Å². The van der Waals surface area contributed by atoms with Crippen LogP contribution in [0.1, 0.15) is 13.3 Å². The summed E-state index contributed by atoms with van der Waals surface area (Å²) in [5.74, 6) is -3.24. The van der Waals surface area contributed by atoms with Gasteiger partial charge in [0.1, 0.15) is 0 Å². The number of hydrogen-bond donors (Lipinski definition) is 3. The molecule has 0 saturated heterocycles. The zero-order chi connectivity index (χ0) is 12.1. The SMILES string of the molecule is CC(CS(=O)(=O)O)C(=O)NCCC(=O)O. The maximum atomic E-state index is 11.1. The van der Waals surface area contributed by atoms with Crippen LogP contribution in [-0.2, 0) is 19.7 Å². The summed E-state index contributed by atoms with van der Waals surface area (Å²) >= 11 is 0. The Morgan fingerprint density at radius 3 is 2.33 bits per heavy atom. The van der Waals surface area contributed by atoms with Crippen LogP contribution >= 0.6 is 0 Å². The van der Waals surface area contributed by atoms with E-state index in [1.807, 2.05) is 0 Å². The summed E-state index contributed by atoms with van der Waals surface area (Å²) in [6.07, 6.45) is -0.232. The molecule has 7 nitrogen and oxygen atoms in total. The molecule has 1 amide bonds. The number of nitrogens with one attached hydrogen (secondary N) is 1. The second-order valence-corrected chi connectivity index (χ2v) is 4.58. The lowest BCUT2D eigenvalue weighted by molar-refractivity contribution is -0.137. The number of carboxylic acids is 1. The van der Waals surface area contributed by atoms with Crippen molar-refractivity contribution in [1.29, 1.82) is 0 Å². The molecule has 1 atom stereocenters. The van der Waals surface area contributed by atoms with E-state index in [-0.39, 0.29) is 13.0 Å². The normalized spacial score (nSPS) is 13.2. The van der Waals surface area contributed by atoms with Crippen LogP contribution in [0.3, 0.4) is 0 Å². The minimum atomic E-state index is -4.19. The first-order valence-corrected chi connectivity index (χ1v) is 5.78. The van der Waals surface area contributed by atoms with Crippen molar-refractivity contribution >= 4 is 22.0 Å². The second kappa shape index (κ2) is 5.66. The summed E-state index contributed by atoms with van der Waals surface area (Å²) in [5, 5.41) is 10.5. The van der Waals surface area contributed by atoms with Crippen LogP contribution in [0.25, 0.3) is 0 Å². The van der Waals surface area contributed by atoms with E-state index in [0.717, 1.165) is 0 Å². The Morgan fingerprint density at radius 2 is 1.93 bits per heavy atom. The lowest BCUT2D eigenvalue weighted by atomic mass is 10.2. The van der Waals surface area contributed by atoms with E-state index in [0.29, 0.717) is 0 Å². The summed E-state index contributed by atoms with van der Waals surface area (Å²) in [5.41, 5.74) is 0. The van der Waals surface area contributed by atoms with Crippen LogP contribution in [0.4, 0.5) is 0 Å². The molecule has 3 N–H and O–H groups in total. The molecule has 0 heterocycles. The van der Waals surface area contributed by atoms with Crippen molar-refractivity contribution in [3.05, 3.63) is 0 Å². The molecule has 0 aliphatic carbocycles. The fourth-order valence-electron chi connectivity index (χ4n) is 0.858. The topological polar surface area (TPSA) is 121 Å². The van der Waals surface area contributed by atoms with Crippen molar-refractivity contribution in [1.82, 2.24) is 5.32 Å². The number of carboxylic acid groups (broad SMARTS) is 1. The quantitative estimate of drug-likeness (QED) is 0.516. The van der Waals surface area contributed by atoms with Crippen molar-refractivity contribution in [3.63, 3.8) is 0 Å². The molecule has 0 saturated carbocycles. The molecule has 0 aromatic rings. The molecule has 0 aromatic heterocycles. The molecule has 0 aromatic carbocycles. The first kappa shape index (κ1) is 13.8. The number of amides is 1. The molecule has 15 heavy (non-hydrogen) atoms. The highest BCUT2D eigenvalue weighted by atomic mass is 32.2. The largest absolute Gasteiger partial charge is 0.481 e. The van der Waals surface area contributed by atoms with E-state index in [9.17, 15) is 18.0 Å². The zero-order valence-electron chi connectivity index (χ0n) is 8.13.